The molecule has 0 heterocycles. The van der Waals surface area contributed by atoms with Crippen molar-refractivity contribution in [1.29, 1.82) is 0 Å². The summed E-state index contributed by atoms with van der Waals surface area (Å²) in [5.74, 6) is 4.99. The van der Waals surface area contributed by atoms with Gasteiger partial charge < -0.3 is 5.84 Å². The Balaban J connectivity index is 2.47. The van der Waals surface area contributed by atoms with Crippen molar-refractivity contribution in [3.63, 3.8) is 0 Å². The highest BCUT2D eigenvalue weighted by Gasteiger charge is 2.20. The van der Waals surface area contributed by atoms with E-state index in [1.165, 1.54) is 6.34 Å². The van der Waals surface area contributed by atoms with Crippen LogP contribution in [0.4, 0.5) is 0 Å². The smallest absolute Gasteiger partial charge is 0.189 e. The number of rotatable bonds is 2. The maximum absolute atomic E-state index is 11.9. The summed E-state index contributed by atoms with van der Waals surface area (Å²) >= 11 is 0. The van der Waals surface area contributed by atoms with Crippen LogP contribution in [-0.4, -0.2) is 17.8 Å². The van der Waals surface area contributed by atoms with Gasteiger partial charge in [-0.1, -0.05) is 24.3 Å². The molecule has 3 N–H and O–H groups in total. The lowest BCUT2D eigenvalue weighted by Gasteiger charge is -2.14. The van der Waals surface area contributed by atoms with E-state index in [0.717, 1.165) is 5.56 Å². The fourth-order valence-corrected chi connectivity index (χ4v) is 1.69. The van der Waals surface area contributed by atoms with Crippen molar-refractivity contribution >= 4 is 17.8 Å². The fourth-order valence-electron chi connectivity index (χ4n) is 1.69. The molecule has 86 valence electrons. The van der Waals surface area contributed by atoms with Gasteiger partial charge in [0.25, 0.3) is 0 Å². The van der Waals surface area contributed by atoms with Gasteiger partial charge in [0, 0.05) is 11.1 Å². The van der Waals surface area contributed by atoms with Gasteiger partial charge in [0.1, 0.15) is 6.34 Å². The van der Waals surface area contributed by atoms with Gasteiger partial charge in [-0.15, -0.1) is 0 Å². The number of carbonyl (C=O) groups is 1. The SMILES string of the molecule is CC1=CC(=NNC=NN)c2ccccc2C1=O. The number of Topliss-reactive ketones (excluding diaryl/α,β-unsaturated/α-hetero) is 1. The average molecular weight is 228 g/mol. The van der Waals surface area contributed by atoms with E-state index in [2.05, 4.69) is 15.6 Å². The average Bonchev–Trinajstić information content (AvgIpc) is 2.36. The number of allylic oxidation sites excluding steroid dienone is 2. The minimum atomic E-state index is 0.0343. The standard InChI is InChI=1S/C12H12N4O/c1-8-6-11(16-15-7-14-13)9-4-2-3-5-10(9)12(8)17/h2-7H,13H2,1H3,(H,14,15). The van der Waals surface area contributed by atoms with Gasteiger partial charge in [0.2, 0.25) is 0 Å². The van der Waals surface area contributed by atoms with Gasteiger partial charge in [0.15, 0.2) is 5.78 Å². The van der Waals surface area contributed by atoms with Crippen molar-refractivity contribution in [2.75, 3.05) is 0 Å². The molecule has 0 amide bonds. The monoisotopic (exact) mass is 228 g/mol. The Bertz CT molecular complexity index is 543. The zero-order valence-corrected chi connectivity index (χ0v) is 9.34. The zero-order chi connectivity index (χ0) is 12.3. The molecule has 1 aliphatic rings. The lowest BCUT2D eigenvalue weighted by molar-refractivity contribution is 0.103. The van der Waals surface area contributed by atoms with Gasteiger partial charge in [-0.05, 0) is 18.6 Å². The molecule has 0 atom stereocenters. The summed E-state index contributed by atoms with van der Waals surface area (Å²) in [6, 6.07) is 7.35. The van der Waals surface area contributed by atoms with Crippen LogP contribution in [0, 0.1) is 0 Å². The van der Waals surface area contributed by atoms with Crippen LogP contribution in [0.1, 0.15) is 22.8 Å². The molecular weight excluding hydrogens is 216 g/mol. The Labute approximate surface area is 98.7 Å². The second-order valence-electron chi connectivity index (χ2n) is 3.61. The Hall–Kier alpha value is -2.43. The van der Waals surface area contributed by atoms with Crippen molar-refractivity contribution in [2.24, 2.45) is 16.0 Å². The second-order valence-corrected chi connectivity index (χ2v) is 3.61. The number of nitrogens with zero attached hydrogens (tertiary/aromatic N) is 2. The Kier molecular flexibility index (Phi) is 3.00. The maximum atomic E-state index is 11.9. The lowest BCUT2D eigenvalue weighted by atomic mass is 9.90. The van der Waals surface area contributed by atoms with E-state index < -0.39 is 0 Å². The molecule has 0 fully saturated rings. The van der Waals surface area contributed by atoms with Crippen molar-refractivity contribution < 1.29 is 4.79 Å². The first-order chi connectivity index (χ1) is 8.24. The molecule has 5 nitrogen and oxygen atoms in total. The third-order valence-electron chi connectivity index (χ3n) is 2.48. The predicted octanol–water partition coefficient (Wildman–Crippen LogP) is 1.02. The quantitative estimate of drug-likeness (QED) is 0.343. The fraction of sp³-hybridized carbons (Fsp3) is 0.0833. The number of nitrogens with two attached hydrogens (primary N) is 1. The Morgan fingerprint density at radius 2 is 2.00 bits per heavy atom. The van der Waals surface area contributed by atoms with Crippen LogP contribution < -0.4 is 11.3 Å². The van der Waals surface area contributed by atoms with Gasteiger partial charge >= 0.3 is 0 Å². The van der Waals surface area contributed by atoms with Crippen LogP contribution in [0.3, 0.4) is 0 Å². The highest BCUT2D eigenvalue weighted by atomic mass is 16.1. The van der Waals surface area contributed by atoms with Crippen molar-refractivity contribution in [3.8, 4) is 0 Å². The number of hydrazone groups is 2. The highest BCUT2D eigenvalue weighted by molar-refractivity contribution is 6.25. The summed E-state index contributed by atoms with van der Waals surface area (Å²) in [5, 5.41) is 7.39. The summed E-state index contributed by atoms with van der Waals surface area (Å²) in [6.07, 6.45) is 3.01. The number of benzene rings is 1. The molecular formula is C12H12N4O. The molecule has 0 aliphatic heterocycles. The van der Waals surface area contributed by atoms with E-state index in [1.54, 1.807) is 19.1 Å². The first kappa shape index (κ1) is 11.1. The molecule has 0 bridgehead atoms. The van der Waals surface area contributed by atoms with Crippen molar-refractivity contribution in [1.82, 2.24) is 5.43 Å². The molecule has 0 saturated carbocycles. The largest absolute Gasteiger partial charge is 0.322 e. The number of ketones is 1. The Morgan fingerprint density at radius 3 is 2.71 bits per heavy atom. The van der Waals surface area contributed by atoms with Crippen LogP contribution in [0.5, 0.6) is 0 Å². The zero-order valence-electron chi connectivity index (χ0n) is 9.34. The van der Waals surface area contributed by atoms with Gasteiger partial charge in [-0.3, -0.25) is 10.2 Å². The number of hydrogen-bond acceptors (Lipinski definition) is 4. The number of carbonyl (C=O) groups excluding carboxylic acids is 1. The van der Waals surface area contributed by atoms with Crippen LogP contribution >= 0.6 is 0 Å². The first-order valence-corrected chi connectivity index (χ1v) is 5.11. The van der Waals surface area contributed by atoms with E-state index >= 15 is 0 Å². The predicted molar refractivity (Wildman–Crippen MR) is 66.9 cm³/mol. The summed E-state index contributed by atoms with van der Waals surface area (Å²) in [6.45, 7) is 1.77. The minimum absolute atomic E-state index is 0.0343. The Morgan fingerprint density at radius 1 is 1.29 bits per heavy atom. The van der Waals surface area contributed by atoms with E-state index in [0.29, 0.717) is 16.8 Å². The molecule has 17 heavy (non-hydrogen) atoms. The molecule has 0 saturated heterocycles. The molecule has 5 heteroatoms. The molecule has 1 aromatic carbocycles. The molecule has 0 spiro atoms. The molecule has 0 unspecified atom stereocenters. The summed E-state index contributed by atoms with van der Waals surface area (Å²) in [5.41, 5.74) is 5.42. The van der Waals surface area contributed by atoms with Crippen LogP contribution in [0.2, 0.25) is 0 Å². The van der Waals surface area contributed by atoms with E-state index in [4.69, 9.17) is 5.84 Å². The van der Waals surface area contributed by atoms with E-state index in [1.807, 2.05) is 18.2 Å². The molecule has 1 aromatic rings. The van der Waals surface area contributed by atoms with Gasteiger partial charge in [-0.2, -0.15) is 10.2 Å². The third kappa shape index (κ3) is 2.08. The van der Waals surface area contributed by atoms with E-state index in [9.17, 15) is 4.79 Å². The number of fused-ring (bicyclic) bond motifs is 1. The summed E-state index contributed by atoms with van der Waals surface area (Å²) in [4.78, 5) is 11.9. The van der Waals surface area contributed by atoms with Crippen LogP contribution in [0.25, 0.3) is 0 Å². The third-order valence-corrected chi connectivity index (χ3v) is 2.48. The van der Waals surface area contributed by atoms with Gasteiger partial charge in [0.05, 0.1) is 5.71 Å². The van der Waals surface area contributed by atoms with E-state index in [-0.39, 0.29) is 5.78 Å². The van der Waals surface area contributed by atoms with Crippen molar-refractivity contribution in [2.45, 2.75) is 6.92 Å². The minimum Gasteiger partial charge on any atom is -0.322 e. The summed E-state index contributed by atoms with van der Waals surface area (Å²) < 4.78 is 0. The number of hydrogen-bond donors (Lipinski definition) is 2. The molecule has 2 rings (SSSR count). The maximum Gasteiger partial charge on any atom is 0.189 e. The molecule has 0 aromatic heterocycles. The van der Waals surface area contributed by atoms with Gasteiger partial charge in [-0.25, -0.2) is 0 Å². The summed E-state index contributed by atoms with van der Waals surface area (Å²) in [7, 11) is 0. The highest BCUT2D eigenvalue weighted by Crippen LogP contribution is 2.20. The normalized spacial score (nSPS) is 17.1. The first-order valence-electron chi connectivity index (χ1n) is 5.11. The molecule has 1 aliphatic carbocycles. The van der Waals surface area contributed by atoms with Crippen molar-refractivity contribution in [3.05, 3.63) is 47.0 Å². The lowest BCUT2D eigenvalue weighted by Crippen LogP contribution is -2.18. The number of nitrogens with one attached hydrogen (secondary N) is 1. The topological polar surface area (TPSA) is 79.8 Å². The molecule has 0 radical (unpaired) electrons. The van der Waals surface area contributed by atoms with Crippen LogP contribution in [0.15, 0.2) is 46.1 Å². The second kappa shape index (κ2) is 4.61. The van der Waals surface area contributed by atoms with Crippen LogP contribution in [-0.2, 0) is 0 Å².